The van der Waals surface area contributed by atoms with Gasteiger partial charge in [-0.1, -0.05) is 0 Å². The van der Waals surface area contributed by atoms with Crippen molar-refractivity contribution >= 4 is 33.4 Å². The van der Waals surface area contributed by atoms with Gasteiger partial charge in [0.05, 0.1) is 23.9 Å². The molecule has 2 atom stereocenters. The van der Waals surface area contributed by atoms with Crippen molar-refractivity contribution in [1.82, 2.24) is 14.9 Å². The van der Waals surface area contributed by atoms with Gasteiger partial charge in [0.15, 0.2) is 0 Å². The highest BCUT2D eigenvalue weighted by molar-refractivity contribution is 7.17. The Labute approximate surface area is 123 Å². The first-order valence-electron chi connectivity index (χ1n) is 6.41. The molecule has 3 rings (SSSR count). The monoisotopic (exact) mass is 307 g/mol. The van der Waals surface area contributed by atoms with E-state index >= 15 is 0 Å². The van der Waals surface area contributed by atoms with Crippen LogP contribution in [0.3, 0.4) is 0 Å². The van der Waals surface area contributed by atoms with Gasteiger partial charge in [0.1, 0.15) is 10.5 Å². The number of carbonyl (C=O) groups is 2. The molecule has 2 aromatic heterocycles. The molecule has 7 nitrogen and oxygen atoms in total. The van der Waals surface area contributed by atoms with Crippen LogP contribution in [0.4, 0.5) is 0 Å². The van der Waals surface area contributed by atoms with Crippen molar-refractivity contribution in [1.29, 1.82) is 0 Å². The minimum atomic E-state index is -0.937. The summed E-state index contributed by atoms with van der Waals surface area (Å²) in [6.45, 7) is 0.155. The van der Waals surface area contributed by atoms with Crippen molar-refractivity contribution < 1.29 is 14.7 Å². The Morgan fingerprint density at radius 3 is 2.95 bits per heavy atom. The number of hydrogen-bond donors (Lipinski definition) is 2. The number of nitrogens with one attached hydrogen (secondary N) is 1. The number of rotatable bonds is 4. The molecule has 2 aromatic rings. The normalized spacial score (nSPS) is 20.4. The van der Waals surface area contributed by atoms with Gasteiger partial charge in [-0.05, 0) is 17.9 Å². The molecular formula is C13H13N3O4S. The van der Waals surface area contributed by atoms with Crippen LogP contribution in [-0.2, 0) is 16.1 Å². The summed E-state index contributed by atoms with van der Waals surface area (Å²) in [7, 11) is 1.58. The number of aliphatic carboxylic acids is 1. The Morgan fingerprint density at radius 2 is 2.29 bits per heavy atom. The number of hydrogen-bond acceptors (Lipinski definition) is 5. The molecular weight excluding hydrogens is 294 g/mol. The van der Waals surface area contributed by atoms with E-state index in [9.17, 15) is 14.4 Å². The Kier molecular flexibility index (Phi) is 3.25. The molecule has 0 saturated heterocycles. The largest absolute Gasteiger partial charge is 0.481 e. The maximum atomic E-state index is 12.1. The lowest BCUT2D eigenvalue weighted by Crippen LogP contribution is -2.30. The second-order valence-electron chi connectivity index (χ2n) is 5.13. The fourth-order valence-electron chi connectivity index (χ4n) is 2.32. The lowest BCUT2D eigenvalue weighted by Gasteiger charge is -2.16. The maximum absolute atomic E-state index is 12.1. The molecule has 2 N–H and O–H groups in total. The van der Waals surface area contributed by atoms with E-state index in [1.54, 1.807) is 18.5 Å². The van der Waals surface area contributed by atoms with Crippen molar-refractivity contribution in [2.75, 3.05) is 7.05 Å². The van der Waals surface area contributed by atoms with Gasteiger partial charge in [-0.3, -0.25) is 14.4 Å². The zero-order chi connectivity index (χ0) is 15.1. The fourth-order valence-corrected chi connectivity index (χ4v) is 3.05. The number of aromatic amines is 1. The highest BCUT2D eigenvalue weighted by Gasteiger charge is 2.49. The molecule has 0 unspecified atom stereocenters. The molecule has 21 heavy (non-hydrogen) atoms. The van der Waals surface area contributed by atoms with Gasteiger partial charge >= 0.3 is 5.97 Å². The van der Waals surface area contributed by atoms with Crippen LogP contribution in [0.1, 0.15) is 12.2 Å². The second kappa shape index (κ2) is 4.96. The fraction of sp³-hybridized carbons (Fsp3) is 0.385. The number of carbonyl (C=O) groups excluding carboxylic acids is 1. The number of amides is 1. The summed E-state index contributed by atoms with van der Waals surface area (Å²) < 4.78 is 0.556. The first-order chi connectivity index (χ1) is 9.97. The van der Waals surface area contributed by atoms with E-state index in [2.05, 4.69) is 9.97 Å². The Bertz CT molecular complexity index is 781. The molecule has 0 radical (unpaired) electrons. The Hall–Kier alpha value is -2.22. The molecule has 1 saturated carbocycles. The molecule has 110 valence electrons. The van der Waals surface area contributed by atoms with Crippen LogP contribution < -0.4 is 5.56 Å². The van der Waals surface area contributed by atoms with E-state index in [1.807, 2.05) is 0 Å². The molecule has 2 heterocycles. The molecule has 0 spiro atoms. The number of aromatic nitrogens is 2. The van der Waals surface area contributed by atoms with E-state index in [0.29, 0.717) is 22.5 Å². The minimum absolute atomic E-state index is 0.155. The van der Waals surface area contributed by atoms with Gasteiger partial charge in [0.25, 0.3) is 5.56 Å². The lowest BCUT2D eigenvalue weighted by atomic mass is 10.3. The van der Waals surface area contributed by atoms with Crippen molar-refractivity contribution in [2.45, 2.75) is 13.0 Å². The van der Waals surface area contributed by atoms with Gasteiger partial charge in [-0.2, -0.15) is 0 Å². The van der Waals surface area contributed by atoms with Crippen LogP contribution in [-0.4, -0.2) is 38.9 Å². The quantitative estimate of drug-likeness (QED) is 0.864. The molecule has 0 bridgehead atoms. The number of H-pyrrole nitrogens is 1. The Balaban J connectivity index is 1.74. The van der Waals surface area contributed by atoms with E-state index in [-0.39, 0.29) is 18.0 Å². The molecule has 0 aromatic carbocycles. The smallest absolute Gasteiger partial charge is 0.307 e. The van der Waals surface area contributed by atoms with E-state index < -0.39 is 17.8 Å². The van der Waals surface area contributed by atoms with E-state index in [0.717, 1.165) is 0 Å². The molecule has 1 fully saturated rings. The number of nitrogens with zero attached hydrogens (tertiary/aromatic N) is 2. The first kappa shape index (κ1) is 13.7. The highest BCUT2D eigenvalue weighted by Crippen LogP contribution is 2.40. The van der Waals surface area contributed by atoms with Gasteiger partial charge in [0, 0.05) is 7.05 Å². The molecule has 1 aliphatic rings. The number of thiophene rings is 1. The van der Waals surface area contributed by atoms with Crippen LogP contribution in [0, 0.1) is 11.8 Å². The predicted molar refractivity (Wildman–Crippen MR) is 75.9 cm³/mol. The molecule has 1 amide bonds. The number of carboxylic acids is 1. The van der Waals surface area contributed by atoms with Gasteiger partial charge in [-0.15, -0.1) is 11.3 Å². The van der Waals surface area contributed by atoms with Crippen LogP contribution in [0.15, 0.2) is 16.2 Å². The van der Waals surface area contributed by atoms with Crippen molar-refractivity contribution in [2.24, 2.45) is 11.8 Å². The second-order valence-corrected chi connectivity index (χ2v) is 6.04. The third-order valence-electron chi connectivity index (χ3n) is 3.55. The van der Waals surface area contributed by atoms with Gasteiger partial charge < -0.3 is 15.0 Å². The summed E-state index contributed by atoms with van der Waals surface area (Å²) in [5.41, 5.74) is 0.384. The zero-order valence-electron chi connectivity index (χ0n) is 11.2. The lowest BCUT2D eigenvalue weighted by molar-refractivity contribution is -0.141. The van der Waals surface area contributed by atoms with Crippen molar-refractivity contribution in [3.05, 3.63) is 27.6 Å². The zero-order valence-corrected chi connectivity index (χ0v) is 12.0. The summed E-state index contributed by atoms with van der Waals surface area (Å²) in [5.74, 6) is -1.80. The topological polar surface area (TPSA) is 103 Å². The number of fused-ring (bicyclic) bond motifs is 1. The predicted octanol–water partition coefficient (Wildman–Crippen LogP) is 0.664. The standard InChI is InChI=1S/C13H13N3O4S/c1-16(12(18)6-4-7(6)13(19)20)5-9-14-8-2-3-21-10(8)11(17)15-9/h2-3,6-7H,4-5H2,1H3,(H,19,20)(H,14,15,17)/t6-,7+/m0/s1. The van der Waals surface area contributed by atoms with Crippen molar-refractivity contribution in [3.63, 3.8) is 0 Å². The third kappa shape index (κ3) is 2.54. The van der Waals surface area contributed by atoms with E-state index in [4.69, 9.17) is 5.11 Å². The minimum Gasteiger partial charge on any atom is -0.481 e. The molecule has 1 aliphatic carbocycles. The SMILES string of the molecule is CN(Cc1nc2ccsc2c(=O)[nH]1)C(=O)[C@H]1C[C@H]1C(=O)O. The summed E-state index contributed by atoms with van der Waals surface area (Å²) in [6.07, 6.45) is 0.381. The third-order valence-corrected chi connectivity index (χ3v) is 4.45. The van der Waals surface area contributed by atoms with Crippen LogP contribution >= 0.6 is 11.3 Å². The Morgan fingerprint density at radius 1 is 1.52 bits per heavy atom. The van der Waals surface area contributed by atoms with Gasteiger partial charge in [-0.25, -0.2) is 4.98 Å². The summed E-state index contributed by atoms with van der Waals surface area (Å²) >= 11 is 1.31. The van der Waals surface area contributed by atoms with Crippen LogP contribution in [0.2, 0.25) is 0 Å². The van der Waals surface area contributed by atoms with Gasteiger partial charge in [0.2, 0.25) is 5.91 Å². The summed E-state index contributed by atoms with van der Waals surface area (Å²) in [5, 5.41) is 10.6. The molecule has 8 heteroatoms. The average Bonchev–Trinajstić information content (AvgIpc) is 3.09. The molecule has 0 aliphatic heterocycles. The summed E-state index contributed by atoms with van der Waals surface area (Å²) in [4.78, 5) is 43.0. The number of carboxylic acid groups (broad SMARTS) is 1. The van der Waals surface area contributed by atoms with Crippen LogP contribution in [0.25, 0.3) is 10.2 Å². The maximum Gasteiger partial charge on any atom is 0.307 e. The van der Waals surface area contributed by atoms with Crippen molar-refractivity contribution in [3.8, 4) is 0 Å². The van der Waals surface area contributed by atoms with E-state index in [1.165, 1.54) is 16.2 Å². The summed E-state index contributed by atoms with van der Waals surface area (Å²) in [6, 6.07) is 1.75. The highest BCUT2D eigenvalue weighted by atomic mass is 32.1. The van der Waals surface area contributed by atoms with Crippen LogP contribution in [0.5, 0.6) is 0 Å². The average molecular weight is 307 g/mol. The first-order valence-corrected chi connectivity index (χ1v) is 7.29.